The van der Waals surface area contributed by atoms with Gasteiger partial charge in [0.25, 0.3) is 17.5 Å². The lowest BCUT2D eigenvalue weighted by molar-refractivity contribution is -0.384. The Hall–Kier alpha value is -6.29. The fourth-order valence-corrected chi connectivity index (χ4v) is 5.27. The molecule has 46 heavy (non-hydrogen) atoms. The minimum atomic E-state index is -0.776. The van der Waals surface area contributed by atoms with Gasteiger partial charge in [-0.15, -0.1) is 0 Å². The van der Waals surface area contributed by atoms with E-state index in [1.54, 1.807) is 60.7 Å². The van der Waals surface area contributed by atoms with Gasteiger partial charge in [0, 0.05) is 17.5 Å². The van der Waals surface area contributed by atoms with Crippen LogP contribution >= 0.6 is 0 Å². The first-order valence-corrected chi connectivity index (χ1v) is 14.3. The first-order chi connectivity index (χ1) is 22.2. The number of methoxy groups -OCH3 is 1. The van der Waals surface area contributed by atoms with E-state index in [0.29, 0.717) is 39.4 Å². The molecule has 0 unspecified atom stereocenters. The lowest BCUT2D eigenvalue weighted by Crippen LogP contribution is -2.57. The van der Waals surface area contributed by atoms with Crippen molar-refractivity contribution in [3.63, 3.8) is 0 Å². The van der Waals surface area contributed by atoms with Crippen molar-refractivity contribution < 1.29 is 28.8 Å². The monoisotopic (exact) mass is 613 g/mol. The second-order valence-electron chi connectivity index (χ2n) is 10.6. The number of barbiturate groups is 1. The SMILES string of the molecule is COc1cc(/C=C2\C(=O)N(c3cccc(C)c3)C(=O)N(c3cccc4ccccc34)C2=O)ccc1OCc1ccc([N+](=O)[O-])cc1. The fraction of sp³-hybridized carbons (Fsp3) is 0.0833. The highest BCUT2D eigenvalue weighted by atomic mass is 16.6. The Labute approximate surface area is 263 Å². The molecule has 0 radical (unpaired) electrons. The number of ether oxygens (including phenoxy) is 2. The summed E-state index contributed by atoms with van der Waals surface area (Å²) in [6.07, 6.45) is 1.43. The number of aryl methyl sites for hydroxylation is 1. The van der Waals surface area contributed by atoms with E-state index in [4.69, 9.17) is 9.47 Å². The van der Waals surface area contributed by atoms with Crippen LogP contribution in [-0.2, 0) is 16.2 Å². The molecule has 1 heterocycles. The average Bonchev–Trinajstić information content (AvgIpc) is 3.06. The largest absolute Gasteiger partial charge is 0.493 e. The van der Waals surface area contributed by atoms with Gasteiger partial charge in [0.15, 0.2) is 11.5 Å². The standard InChI is InChI=1S/C36H27N3O7/c1-23-7-5-10-28(19-23)37-34(40)30(35(41)38(36(37)42)31-12-6-9-26-8-3-4-11-29(26)31)20-25-15-18-32(33(21-25)45-2)46-22-24-13-16-27(17-14-24)39(43)44/h3-21H,22H2,1-2H3/b30-20+. The van der Waals surface area contributed by atoms with Crippen LogP contribution in [0.2, 0.25) is 0 Å². The number of hydrogen-bond donors (Lipinski definition) is 0. The zero-order valence-electron chi connectivity index (χ0n) is 24.9. The molecule has 1 aliphatic rings. The third-order valence-corrected chi connectivity index (χ3v) is 7.56. The van der Waals surface area contributed by atoms with E-state index < -0.39 is 22.8 Å². The number of amides is 4. The van der Waals surface area contributed by atoms with Crippen molar-refractivity contribution in [3.8, 4) is 11.5 Å². The number of nitrogens with zero attached hydrogens (tertiary/aromatic N) is 3. The van der Waals surface area contributed by atoms with Gasteiger partial charge in [0.05, 0.1) is 23.4 Å². The molecule has 0 N–H and O–H groups in total. The normalized spacial score (nSPS) is 14.2. The summed E-state index contributed by atoms with van der Waals surface area (Å²) in [6, 6.07) is 29.8. The topological polar surface area (TPSA) is 119 Å². The van der Waals surface area contributed by atoms with Crippen LogP contribution in [0.15, 0.2) is 115 Å². The van der Waals surface area contributed by atoms with Gasteiger partial charge in [0.2, 0.25) is 0 Å². The molecule has 0 aromatic heterocycles. The fourth-order valence-electron chi connectivity index (χ4n) is 5.27. The van der Waals surface area contributed by atoms with E-state index >= 15 is 0 Å². The molecule has 1 saturated heterocycles. The molecule has 5 aromatic rings. The first-order valence-electron chi connectivity index (χ1n) is 14.3. The molecule has 228 valence electrons. The van der Waals surface area contributed by atoms with Crippen LogP contribution in [0.4, 0.5) is 21.9 Å². The van der Waals surface area contributed by atoms with E-state index in [1.807, 2.05) is 43.3 Å². The number of benzene rings is 5. The van der Waals surface area contributed by atoms with Crippen LogP contribution in [0.5, 0.6) is 11.5 Å². The molecule has 10 heteroatoms. The highest BCUT2D eigenvalue weighted by molar-refractivity contribution is 6.46. The van der Waals surface area contributed by atoms with Crippen molar-refractivity contribution in [3.05, 3.63) is 142 Å². The smallest absolute Gasteiger partial charge is 0.343 e. The summed E-state index contributed by atoms with van der Waals surface area (Å²) >= 11 is 0. The summed E-state index contributed by atoms with van der Waals surface area (Å²) in [6.45, 7) is 1.98. The number of nitro benzene ring substituents is 1. The van der Waals surface area contributed by atoms with E-state index in [2.05, 4.69) is 0 Å². The van der Waals surface area contributed by atoms with E-state index in [1.165, 1.54) is 25.3 Å². The van der Waals surface area contributed by atoms with Crippen LogP contribution in [0.25, 0.3) is 16.8 Å². The summed E-state index contributed by atoms with van der Waals surface area (Å²) in [5.41, 5.74) is 2.48. The maximum atomic E-state index is 14.1. The van der Waals surface area contributed by atoms with Crippen molar-refractivity contribution in [2.45, 2.75) is 13.5 Å². The molecular weight excluding hydrogens is 586 g/mol. The second-order valence-corrected chi connectivity index (χ2v) is 10.6. The molecule has 1 aliphatic heterocycles. The summed E-state index contributed by atoms with van der Waals surface area (Å²) in [5, 5.41) is 12.5. The molecular formula is C36H27N3O7. The Balaban J connectivity index is 1.38. The summed E-state index contributed by atoms with van der Waals surface area (Å²) < 4.78 is 11.4. The molecule has 5 aromatic carbocycles. The van der Waals surface area contributed by atoms with Gasteiger partial charge in [0.1, 0.15) is 12.2 Å². The van der Waals surface area contributed by atoms with Crippen molar-refractivity contribution >= 4 is 51.8 Å². The molecule has 0 bridgehead atoms. The Kier molecular flexibility index (Phi) is 8.00. The highest BCUT2D eigenvalue weighted by Crippen LogP contribution is 2.35. The Morgan fingerprint density at radius 2 is 1.50 bits per heavy atom. The zero-order chi connectivity index (χ0) is 32.4. The van der Waals surface area contributed by atoms with Gasteiger partial charge in [-0.3, -0.25) is 19.7 Å². The molecule has 0 atom stereocenters. The van der Waals surface area contributed by atoms with Crippen molar-refractivity contribution in [1.29, 1.82) is 0 Å². The summed E-state index contributed by atoms with van der Waals surface area (Å²) in [4.78, 5) is 54.5. The third kappa shape index (κ3) is 5.67. The predicted molar refractivity (Wildman–Crippen MR) is 174 cm³/mol. The van der Waals surface area contributed by atoms with Crippen molar-refractivity contribution in [1.82, 2.24) is 0 Å². The quantitative estimate of drug-likeness (QED) is 0.0784. The van der Waals surface area contributed by atoms with Gasteiger partial charge < -0.3 is 9.47 Å². The van der Waals surface area contributed by atoms with Crippen LogP contribution in [0.1, 0.15) is 16.7 Å². The van der Waals surface area contributed by atoms with Crippen LogP contribution < -0.4 is 19.3 Å². The molecule has 0 spiro atoms. The minimum absolute atomic E-state index is 0.0211. The number of hydrogen-bond acceptors (Lipinski definition) is 7. The van der Waals surface area contributed by atoms with E-state index in [0.717, 1.165) is 20.7 Å². The van der Waals surface area contributed by atoms with Gasteiger partial charge in [-0.1, -0.05) is 54.6 Å². The average molecular weight is 614 g/mol. The van der Waals surface area contributed by atoms with Gasteiger partial charge in [-0.05, 0) is 77.5 Å². The Morgan fingerprint density at radius 3 is 2.24 bits per heavy atom. The number of fused-ring (bicyclic) bond motifs is 1. The summed E-state index contributed by atoms with van der Waals surface area (Å²) in [7, 11) is 1.46. The number of nitro groups is 1. The Morgan fingerprint density at radius 1 is 0.783 bits per heavy atom. The van der Waals surface area contributed by atoms with Gasteiger partial charge >= 0.3 is 6.03 Å². The molecule has 4 amide bonds. The number of urea groups is 1. The van der Waals surface area contributed by atoms with Crippen LogP contribution in [0.3, 0.4) is 0 Å². The minimum Gasteiger partial charge on any atom is -0.493 e. The van der Waals surface area contributed by atoms with E-state index in [-0.39, 0.29) is 17.9 Å². The number of rotatable bonds is 8. The van der Waals surface area contributed by atoms with Crippen molar-refractivity contribution in [2.24, 2.45) is 0 Å². The number of carbonyl (C=O) groups is 3. The first kappa shape index (κ1) is 29.8. The molecule has 0 saturated carbocycles. The molecule has 10 nitrogen and oxygen atoms in total. The van der Waals surface area contributed by atoms with Gasteiger partial charge in [-0.25, -0.2) is 14.6 Å². The van der Waals surface area contributed by atoms with Crippen LogP contribution in [0, 0.1) is 17.0 Å². The van der Waals surface area contributed by atoms with Gasteiger partial charge in [-0.2, -0.15) is 0 Å². The number of anilines is 2. The van der Waals surface area contributed by atoms with Crippen LogP contribution in [-0.4, -0.2) is 29.9 Å². The maximum absolute atomic E-state index is 14.1. The number of imide groups is 2. The molecule has 1 fully saturated rings. The third-order valence-electron chi connectivity index (χ3n) is 7.56. The number of non-ortho nitro benzene ring substituents is 1. The second kappa shape index (κ2) is 12.4. The van der Waals surface area contributed by atoms with E-state index in [9.17, 15) is 24.5 Å². The maximum Gasteiger partial charge on any atom is 0.343 e. The number of carbonyl (C=O) groups excluding carboxylic acids is 3. The predicted octanol–water partition coefficient (Wildman–Crippen LogP) is 7.23. The Bertz CT molecular complexity index is 2050. The highest BCUT2D eigenvalue weighted by Gasteiger charge is 2.44. The lowest BCUT2D eigenvalue weighted by Gasteiger charge is -2.34. The summed E-state index contributed by atoms with van der Waals surface area (Å²) in [5.74, 6) is -0.787. The molecule has 0 aliphatic carbocycles. The molecule has 6 rings (SSSR count). The van der Waals surface area contributed by atoms with Crippen molar-refractivity contribution in [2.75, 3.05) is 16.9 Å². The lowest BCUT2D eigenvalue weighted by atomic mass is 10.0. The zero-order valence-corrected chi connectivity index (χ0v) is 24.9.